The van der Waals surface area contributed by atoms with E-state index in [1.807, 2.05) is 0 Å². The molecule has 1 rings (SSSR count). The molecule has 4 nitrogen and oxygen atoms in total. The zero-order valence-corrected chi connectivity index (χ0v) is 11.3. The summed E-state index contributed by atoms with van der Waals surface area (Å²) in [6.07, 6.45) is 5.03. The number of piperidine rings is 1. The molecule has 17 heavy (non-hydrogen) atoms. The van der Waals surface area contributed by atoms with Crippen molar-refractivity contribution in [3.05, 3.63) is 0 Å². The van der Waals surface area contributed by atoms with Crippen LogP contribution >= 0.6 is 0 Å². The number of nitrogens with zero attached hydrogens (tertiary/aromatic N) is 1. The van der Waals surface area contributed by atoms with E-state index in [1.54, 1.807) is 0 Å². The van der Waals surface area contributed by atoms with Gasteiger partial charge in [-0.25, -0.2) is 0 Å². The van der Waals surface area contributed by atoms with Crippen LogP contribution < -0.4 is 10.6 Å². The molecule has 2 N–H and O–H groups in total. The van der Waals surface area contributed by atoms with Crippen molar-refractivity contribution < 1.29 is 4.79 Å². The SMILES string of the molecule is CCCNCC(=O)NC(C)CN1CCCCC1. The second-order valence-corrected chi connectivity index (χ2v) is 5.01. The van der Waals surface area contributed by atoms with Crippen molar-refractivity contribution in [2.75, 3.05) is 32.7 Å². The largest absolute Gasteiger partial charge is 0.351 e. The Labute approximate surface area is 105 Å². The normalized spacial score (nSPS) is 18.9. The van der Waals surface area contributed by atoms with Crippen LogP contribution in [0.5, 0.6) is 0 Å². The van der Waals surface area contributed by atoms with Crippen LogP contribution in [0.15, 0.2) is 0 Å². The van der Waals surface area contributed by atoms with Crippen molar-refractivity contribution in [3.8, 4) is 0 Å². The molecular weight excluding hydrogens is 214 g/mol. The average Bonchev–Trinajstić information content (AvgIpc) is 2.30. The lowest BCUT2D eigenvalue weighted by molar-refractivity contribution is -0.120. The van der Waals surface area contributed by atoms with Gasteiger partial charge in [0.1, 0.15) is 0 Å². The Hall–Kier alpha value is -0.610. The first-order chi connectivity index (χ1) is 8.22. The monoisotopic (exact) mass is 241 g/mol. The molecule has 1 aliphatic rings. The van der Waals surface area contributed by atoms with Crippen LogP contribution in [-0.2, 0) is 4.79 Å². The van der Waals surface area contributed by atoms with Crippen LogP contribution in [0.4, 0.5) is 0 Å². The molecule has 1 unspecified atom stereocenters. The maximum absolute atomic E-state index is 11.6. The zero-order valence-electron chi connectivity index (χ0n) is 11.3. The van der Waals surface area contributed by atoms with Gasteiger partial charge in [0.05, 0.1) is 6.54 Å². The molecule has 0 spiro atoms. The minimum Gasteiger partial charge on any atom is -0.351 e. The first-order valence-electron chi connectivity index (χ1n) is 6.94. The number of nitrogens with one attached hydrogen (secondary N) is 2. The van der Waals surface area contributed by atoms with Crippen molar-refractivity contribution in [1.82, 2.24) is 15.5 Å². The fourth-order valence-corrected chi connectivity index (χ4v) is 2.28. The van der Waals surface area contributed by atoms with Gasteiger partial charge < -0.3 is 15.5 Å². The topological polar surface area (TPSA) is 44.4 Å². The van der Waals surface area contributed by atoms with Crippen molar-refractivity contribution in [2.45, 2.75) is 45.6 Å². The third kappa shape index (κ3) is 6.64. The number of hydrogen-bond donors (Lipinski definition) is 2. The highest BCUT2D eigenvalue weighted by molar-refractivity contribution is 5.78. The second kappa shape index (κ2) is 8.48. The molecule has 0 radical (unpaired) electrons. The lowest BCUT2D eigenvalue weighted by Crippen LogP contribution is -2.46. The van der Waals surface area contributed by atoms with Gasteiger partial charge in [-0.05, 0) is 45.8 Å². The van der Waals surface area contributed by atoms with E-state index in [0.717, 1.165) is 19.5 Å². The molecule has 0 saturated carbocycles. The Morgan fingerprint density at radius 3 is 2.65 bits per heavy atom. The summed E-state index contributed by atoms with van der Waals surface area (Å²) in [7, 11) is 0. The van der Waals surface area contributed by atoms with Gasteiger partial charge in [0.25, 0.3) is 0 Å². The van der Waals surface area contributed by atoms with E-state index in [4.69, 9.17) is 0 Å². The lowest BCUT2D eigenvalue weighted by Gasteiger charge is -2.29. The predicted molar refractivity (Wildman–Crippen MR) is 71.1 cm³/mol. The maximum atomic E-state index is 11.6. The second-order valence-electron chi connectivity index (χ2n) is 5.01. The Kier molecular flexibility index (Phi) is 7.21. The van der Waals surface area contributed by atoms with E-state index in [-0.39, 0.29) is 11.9 Å². The standard InChI is InChI=1S/C13H27N3O/c1-3-7-14-10-13(17)15-12(2)11-16-8-5-4-6-9-16/h12,14H,3-11H2,1-2H3,(H,15,17). The molecule has 100 valence electrons. The van der Waals surface area contributed by atoms with Gasteiger partial charge in [-0.1, -0.05) is 13.3 Å². The molecule has 0 aliphatic carbocycles. The summed E-state index contributed by atoms with van der Waals surface area (Å²) < 4.78 is 0. The fourth-order valence-electron chi connectivity index (χ4n) is 2.28. The molecule has 1 fully saturated rings. The van der Waals surface area contributed by atoms with Crippen LogP contribution in [0, 0.1) is 0 Å². The first kappa shape index (κ1) is 14.5. The van der Waals surface area contributed by atoms with Gasteiger partial charge in [0.15, 0.2) is 0 Å². The summed E-state index contributed by atoms with van der Waals surface area (Å²) in [5.74, 6) is 0.114. The number of likely N-dealkylation sites (tertiary alicyclic amines) is 1. The Morgan fingerprint density at radius 1 is 1.29 bits per heavy atom. The molecule has 1 heterocycles. The summed E-state index contributed by atoms with van der Waals surface area (Å²) in [5.41, 5.74) is 0. The summed E-state index contributed by atoms with van der Waals surface area (Å²) in [6, 6.07) is 0.254. The third-order valence-electron chi connectivity index (χ3n) is 3.10. The highest BCUT2D eigenvalue weighted by atomic mass is 16.1. The summed E-state index contributed by atoms with van der Waals surface area (Å²) in [5, 5.41) is 6.16. The summed E-state index contributed by atoms with van der Waals surface area (Å²) in [4.78, 5) is 14.0. The quantitative estimate of drug-likeness (QED) is 0.653. The van der Waals surface area contributed by atoms with Crippen LogP contribution in [0.2, 0.25) is 0 Å². The minimum atomic E-state index is 0.114. The molecular formula is C13H27N3O. The molecule has 0 aromatic carbocycles. The molecule has 1 amide bonds. The van der Waals surface area contributed by atoms with Crippen molar-refractivity contribution in [2.24, 2.45) is 0 Å². The van der Waals surface area contributed by atoms with E-state index in [2.05, 4.69) is 29.4 Å². The van der Waals surface area contributed by atoms with Gasteiger partial charge in [-0.15, -0.1) is 0 Å². The number of amides is 1. The number of hydrogen-bond acceptors (Lipinski definition) is 3. The molecule has 0 aromatic heterocycles. The number of rotatable bonds is 7. The third-order valence-corrected chi connectivity index (χ3v) is 3.10. The molecule has 1 aliphatic heterocycles. The zero-order chi connectivity index (χ0) is 12.5. The van der Waals surface area contributed by atoms with Gasteiger partial charge in [-0.3, -0.25) is 4.79 Å². The van der Waals surface area contributed by atoms with Crippen LogP contribution in [0.3, 0.4) is 0 Å². The van der Waals surface area contributed by atoms with Gasteiger partial charge in [0.2, 0.25) is 5.91 Å². The smallest absolute Gasteiger partial charge is 0.234 e. The van der Waals surface area contributed by atoms with E-state index < -0.39 is 0 Å². The van der Waals surface area contributed by atoms with Gasteiger partial charge >= 0.3 is 0 Å². The first-order valence-corrected chi connectivity index (χ1v) is 6.94. The summed E-state index contributed by atoms with van der Waals surface area (Å²) >= 11 is 0. The number of carbonyl (C=O) groups is 1. The van der Waals surface area contributed by atoms with Crippen molar-refractivity contribution in [1.29, 1.82) is 0 Å². The Morgan fingerprint density at radius 2 is 2.00 bits per heavy atom. The van der Waals surface area contributed by atoms with Crippen LogP contribution in [0.1, 0.15) is 39.5 Å². The Balaban J connectivity index is 2.10. The van der Waals surface area contributed by atoms with E-state index in [1.165, 1.54) is 32.4 Å². The van der Waals surface area contributed by atoms with Crippen molar-refractivity contribution >= 4 is 5.91 Å². The fraction of sp³-hybridized carbons (Fsp3) is 0.923. The molecule has 1 saturated heterocycles. The molecule has 1 atom stereocenters. The highest BCUT2D eigenvalue weighted by Gasteiger charge is 2.14. The Bertz CT molecular complexity index is 215. The minimum absolute atomic E-state index is 0.114. The van der Waals surface area contributed by atoms with Gasteiger partial charge in [-0.2, -0.15) is 0 Å². The molecule has 0 aromatic rings. The predicted octanol–water partition coefficient (Wildman–Crippen LogP) is 0.977. The lowest BCUT2D eigenvalue weighted by atomic mass is 10.1. The summed E-state index contributed by atoms with van der Waals surface area (Å²) in [6.45, 7) is 8.91. The van der Waals surface area contributed by atoms with E-state index in [0.29, 0.717) is 6.54 Å². The molecule has 0 bridgehead atoms. The maximum Gasteiger partial charge on any atom is 0.234 e. The van der Waals surface area contributed by atoms with Gasteiger partial charge in [0, 0.05) is 12.6 Å². The van der Waals surface area contributed by atoms with Crippen LogP contribution in [0.25, 0.3) is 0 Å². The van der Waals surface area contributed by atoms with Crippen molar-refractivity contribution in [3.63, 3.8) is 0 Å². The van der Waals surface area contributed by atoms with Crippen LogP contribution in [-0.4, -0.2) is 49.6 Å². The highest BCUT2D eigenvalue weighted by Crippen LogP contribution is 2.08. The number of carbonyl (C=O) groups excluding carboxylic acids is 1. The van der Waals surface area contributed by atoms with E-state index in [9.17, 15) is 4.79 Å². The van der Waals surface area contributed by atoms with E-state index >= 15 is 0 Å². The molecule has 4 heteroatoms. The average molecular weight is 241 g/mol.